The second kappa shape index (κ2) is 5.27. The third-order valence-corrected chi connectivity index (χ3v) is 3.77. The summed E-state index contributed by atoms with van der Waals surface area (Å²) in [4.78, 5) is 0. The normalized spacial score (nSPS) is 27.9. The second-order valence-electron chi connectivity index (χ2n) is 3.78. The summed E-state index contributed by atoms with van der Waals surface area (Å²) < 4.78 is 11.8. The average molecular weight is 318 g/mol. The Kier molecular flexibility index (Phi) is 3.99. The van der Waals surface area contributed by atoms with Crippen LogP contribution >= 0.6 is 22.6 Å². The zero-order chi connectivity index (χ0) is 10.7. The molecule has 15 heavy (non-hydrogen) atoms. The highest BCUT2D eigenvalue weighted by atomic mass is 127. The third-order valence-electron chi connectivity index (χ3n) is 2.61. The van der Waals surface area contributed by atoms with Crippen LogP contribution in [0, 0.1) is 0 Å². The molecule has 0 N–H and O–H groups in total. The number of alkyl halides is 1. The highest BCUT2D eigenvalue weighted by Gasteiger charge is 2.28. The highest BCUT2D eigenvalue weighted by Crippen LogP contribution is 2.25. The summed E-state index contributed by atoms with van der Waals surface area (Å²) in [5, 5.41) is 0. The first kappa shape index (κ1) is 11.4. The first-order valence-corrected chi connectivity index (χ1v) is 6.44. The molecule has 1 heterocycles. The molecule has 1 saturated heterocycles. The largest absolute Gasteiger partial charge is 0.378 e. The lowest BCUT2D eigenvalue weighted by Crippen LogP contribution is -2.23. The summed E-state index contributed by atoms with van der Waals surface area (Å²) in [5.41, 5.74) is 1.23. The van der Waals surface area contributed by atoms with Crippen LogP contribution in [0.5, 0.6) is 0 Å². The Morgan fingerprint density at radius 2 is 2.07 bits per heavy atom. The van der Waals surface area contributed by atoms with Gasteiger partial charge in [-0.15, -0.1) is 0 Å². The van der Waals surface area contributed by atoms with Gasteiger partial charge in [-0.25, -0.2) is 0 Å². The molecule has 2 rings (SSSR count). The van der Waals surface area contributed by atoms with Gasteiger partial charge >= 0.3 is 0 Å². The van der Waals surface area contributed by atoms with Crippen molar-refractivity contribution in [1.29, 1.82) is 0 Å². The van der Waals surface area contributed by atoms with Gasteiger partial charge in [-0.1, -0.05) is 52.9 Å². The first-order valence-electron chi connectivity index (χ1n) is 5.19. The zero-order valence-electron chi connectivity index (χ0n) is 8.73. The van der Waals surface area contributed by atoms with Crippen molar-refractivity contribution in [2.75, 3.05) is 13.2 Å². The van der Waals surface area contributed by atoms with Crippen LogP contribution in [0.25, 0.3) is 0 Å². The Balaban J connectivity index is 1.95. The molecule has 0 aromatic heterocycles. The lowest BCUT2D eigenvalue weighted by molar-refractivity contribution is -0.00473. The molecule has 0 saturated carbocycles. The van der Waals surface area contributed by atoms with Gasteiger partial charge in [0.2, 0.25) is 0 Å². The minimum atomic E-state index is 0.148. The molecule has 0 aliphatic carbocycles. The third kappa shape index (κ3) is 2.92. The first-order chi connectivity index (χ1) is 7.27. The maximum absolute atomic E-state index is 5.98. The Morgan fingerprint density at radius 1 is 1.33 bits per heavy atom. The fraction of sp³-hybridized carbons (Fsp3) is 0.500. The molecule has 0 bridgehead atoms. The van der Waals surface area contributed by atoms with Crippen molar-refractivity contribution in [3.05, 3.63) is 35.9 Å². The number of hydrogen-bond acceptors (Lipinski definition) is 2. The van der Waals surface area contributed by atoms with E-state index >= 15 is 0 Å². The molecule has 3 atom stereocenters. The van der Waals surface area contributed by atoms with Crippen molar-refractivity contribution in [1.82, 2.24) is 0 Å². The number of halogens is 1. The van der Waals surface area contributed by atoms with Crippen LogP contribution in [0.1, 0.15) is 18.6 Å². The lowest BCUT2D eigenvalue weighted by Gasteiger charge is -2.19. The van der Waals surface area contributed by atoms with Crippen molar-refractivity contribution in [3.8, 4) is 0 Å². The molecule has 2 nitrogen and oxygen atoms in total. The van der Waals surface area contributed by atoms with Crippen LogP contribution in [0.4, 0.5) is 0 Å². The van der Waals surface area contributed by atoms with E-state index in [0.29, 0.717) is 3.92 Å². The van der Waals surface area contributed by atoms with Gasteiger partial charge < -0.3 is 9.47 Å². The van der Waals surface area contributed by atoms with E-state index in [0.717, 1.165) is 13.2 Å². The maximum atomic E-state index is 5.98. The van der Waals surface area contributed by atoms with Crippen LogP contribution in [-0.4, -0.2) is 23.2 Å². The highest BCUT2D eigenvalue weighted by molar-refractivity contribution is 14.1. The standard InChI is InChI=1S/C12H15IO2/c1-9(10-5-3-2-4-6-10)15-12-8-14-7-11(12)13/h2-6,9,11-12H,7-8H2,1H3. The van der Waals surface area contributed by atoms with Gasteiger partial charge in [-0.2, -0.15) is 0 Å². The molecule has 0 amide bonds. The van der Waals surface area contributed by atoms with Crippen LogP contribution < -0.4 is 0 Å². The van der Waals surface area contributed by atoms with Crippen LogP contribution in [0.2, 0.25) is 0 Å². The molecule has 1 aromatic rings. The molecule has 1 aliphatic rings. The summed E-state index contributed by atoms with van der Waals surface area (Å²) >= 11 is 2.40. The van der Waals surface area contributed by atoms with Crippen molar-refractivity contribution in [2.24, 2.45) is 0 Å². The average Bonchev–Trinajstić information content (AvgIpc) is 2.66. The minimum Gasteiger partial charge on any atom is -0.378 e. The molecule has 1 aliphatic heterocycles. The number of benzene rings is 1. The fourth-order valence-corrected chi connectivity index (χ4v) is 2.33. The van der Waals surface area contributed by atoms with Crippen molar-refractivity contribution in [3.63, 3.8) is 0 Å². The van der Waals surface area contributed by atoms with Gasteiger partial charge in [0, 0.05) is 0 Å². The van der Waals surface area contributed by atoms with Crippen LogP contribution in [0.3, 0.4) is 0 Å². The molecular formula is C12H15IO2. The molecule has 1 fully saturated rings. The molecule has 82 valence electrons. The van der Waals surface area contributed by atoms with Gasteiger partial charge in [-0.3, -0.25) is 0 Å². The second-order valence-corrected chi connectivity index (χ2v) is 5.38. The van der Waals surface area contributed by atoms with Gasteiger partial charge in [0.05, 0.1) is 29.3 Å². The molecule has 1 aromatic carbocycles. The lowest BCUT2D eigenvalue weighted by atomic mass is 10.1. The van der Waals surface area contributed by atoms with Crippen molar-refractivity contribution < 1.29 is 9.47 Å². The van der Waals surface area contributed by atoms with Gasteiger partial charge in [0.15, 0.2) is 0 Å². The molecule has 0 radical (unpaired) electrons. The predicted molar refractivity (Wildman–Crippen MR) is 68.4 cm³/mol. The summed E-state index contributed by atoms with van der Waals surface area (Å²) in [6, 6.07) is 10.3. The zero-order valence-corrected chi connectivity index (χ0v) is 10.9. The minimum absolute atomic E-state index is 0.148. The predicted octanol–water partition coefficient (Wildman–Crippen LogP) is 2.97. The molecule has 0 spiro atoms. The molecular weight excluding hydrogens is 303 g/mol. The quantitative estimate of drug-likeness (QED) is 0.630. The SMILES string of the molecule is CC(OC1COCC1I)c1ccccc1. The van der Waals surface area contributed by atoms with Crippen molar-refractivity contribution in [2.45, 2.75) is 23.1 Å². The summed E-state index contributed by atoms with van der Waals surface area (Å²) in [7, 11) is 0. The van der Waals surface area contributed by atoms with E-state index in [2.05, 4.69) is 41.6 Å². The monoisotopic (exact) mass is 318 g/mol. The van der Waals surface area contributed by atoms with Gasteiger partial charge in [-0.05, 0) is 12.5 Å². The Morgan fingerprint density at radius 3 is 2.67 bits per heavy atom. The summed E-state index contributed by atoms with van der Waals surface area (Å²) in [5.74, 6) is 0. The van der Waals surface area contributed by atoms with Gasteiger partial charge in [0.1, 0.15) is 0 Å². The van der Waals surface area contributed by atoms with E-state index in [-0.39, 0.29) is 12.2 Å². The fourth-order valence-electron chi connectivity index (χ4n) is 1.70. The van der Waals surface area contributed by atoms with E-state index in [4.69, 9.17) is 9.47 Å². The van der Waals surface area contributed by atoms with Crippen LogP contribution in [-0.2, 0) is 9.47 Å². The van der Waals surface area contributed by atoms with Crippen LogP contribution in [0.15, 0.2) is 30.3 Å². The number of rotatable bonds is 3. The van der Waals surface area contributed by atoms with Crippen molar-refractivity contribution >= 4 is 22.6 Å². The maximum Gasteiger partial charge on any atom is 0.0956 e. The Hall–Kier alpha value is -0.130. The Labute approximate surface area is 104 Å². The van der Waals surface area contributed by atoms with Gasteiger partial charge in [0.25, 0.3) is 0 Å². The van der Waals surface area contributed by atoms with E-state index in [9.17, 15) is 0 Å². The molecule has 3 heteroatoms. The Bertz CT molecular complexity index is 302. The number of ether oxygens (including phenoxy) is 2. The topological polar surface area (TPSA) is 18.5 Å². The molecule has 3 unspecified atom stereocenters. The van der Waals surface area contributed by atoms with E-state index in [1.807, 2.05) is 18.2 Å². The number of hydrogen-bond donors (Lipinski definition) is 0. The van der Waals surface area contributed by atoms with E-state index < -0.39 is 0 Å². The van der Waals surface area contributed by atoms with E-state index in [1.165, 1.54) is 5.56 Å². The summed E-state index contributed by atoms with van der Waals surface area (Å²) in [6.07, 6.45) is 0.385. The van der Waals surface area contributed by atoms with E-state index in [1.54, 1.807) is 0 Å². The smallest absolute Gasteiger partial charge is 0.0956 e. The summed E-state index contributed by atoms with van der Waals surface area (Å²) in [6.45, 7) is 3.63.